The average Bonchev–Trinajstić information content (AvgIpc) is 2.74. The summed E-state index contributed by atoms with van der Waals surface area (Å²) in [4.78, 5) is 16.2. The SMILES string of the molecule is CC(C)c1ccc(C(=O)c2nccn2C)cc1. The minimum Gasteiger partial charge on any atom is -0.331 e. The van der Waals surface area contributed by atoms with Gasteiger partial charge in [-0.25, -0.2) is 4.98 Å². The largest absolute Gasteiger partial charge is 0.331 e. The summed E-state index contributed by atoms with van der Waals surface area (Å²) in [6.07, 6.45) is 3.41. The molecule has 1 aromatic heterocycles. The number of hydrogen-bond donors (Lipinski definition) is 0. The van der Waals surface area contributed by atoms with Gasteiger partial charge in [0.15, 0.2) is 5.82 Å². The van der Waals surface area contributed by atoms with Gasteiger partial charge in [-0.05, 0) is 11.5 Å². The molecule has 0 unspecified atom stereocenters. The van der Waals surface area contributed by atoms with E-state index in [0.717, 1.165) is 0 Å². The third kappa shape index (κ3) is 2.28. The molecule has 0 aliphatic carbocycles. The molecular weight excluding hydrogens is 212 g/mol. The highest BCUT2D eigenvalue weighted by molar-refractivity contribution is 6.06. The molecule has 0 bridgehead atoms. The Morgan fingerprint density at radius 2 is 1.88 bits per heavy atom. The van der Waals surface area contributed by atoms with Gasteiger partial charge in [-0.1, -0.05) is 38.1 Å². The van der Waals surface area contributed by atoms with E-state index >= 15 is 0 Å². The Labute approximate surface area is 101 Å². The van der Waals surface area contributed by atoms with Crippen molar-refractivity contribution in [2.24, 2.45) is 7.05 Å². The third-order valence-corrected chi connectivity index (χ3v) is 2.86. The Morgan fingerprint density at radius 1 is 1.24 bits per heavy atom. The van der Waals surface area contributed by atoms with E-state index in [2.05, 4.69) is 18.8 Å². The van der Waals surface area contributed by atoms with Gasteiger partial charge in [0.05, 0.1) is 0 Å². The van der Waals surface area contributed by atoms with Gasteiger partial charge in [0, 0.05) is 25.0 Å². The number of ketones is 1. The Bertz CT molecular complexity index is 523. The van der Waals surface area contributed by atoms with E-state index in [9.17, 15) is 4.79 Å². The van der Waals surface area contributed by atoms with E-state index in [1.807, 2.05) is 31.3 Å². The molecule has 0 fully saturated rings. The molecule has 0 atom stereocenters. The van der Waals surface area contributed by atoms with Crippen LogP contribution in [0.3, 0.4) is 0 Å². The summed E-state index contributed by atoms with van der Waals surface area (Å²) in [6, 6.07) is 7.74. The minimum atomic E-state index is -0.0344. The maximum atomic E-state index is 12.1. The van der Waals surface area contributed by atoms with Crippen LogP contribution in [0.1, 0.15) is 41.5 Å². The van der Waals surface area contributed by atoms with Crippen LogP contribution < -0.4 is 0 Å². The van der Waals surface area contributed by atoms with E-state index in [1.54, 1.807) is 17.0 Å². The van der Waals surface area contributed by atoms with Crippen molar-refractivity contribution in [2.45, 2.75) is 19.8 Å². The second-order valence-electron chi connectivity index (χ2n) is 4.47. The van der Waals surface area contributed by atoms with E-state index in [-0.39, 0.29) is 5.78 Å². The number of benzene rings is 1. The second-order valence-corrected chi connectivity index (χ2v) is 4.47. The first-order chi connectivity index (χ1) is 8.09. The van der Waals surface area contributed by atoms with Crippen LogP contribution in [-0.4, -0.2) is 15.3 Å². The van der Waals surface area contributed by atoms with Crippen molar-refractivity contribution in [2.75, 3.05) is 0 Å². The molecule has 88 valence electrons. The van der Waals surface area contributed by atoms with Crippen LogP contribution in [-0.2, 0) is 7.05 Å². The zero-order valence-electron chi connectivity index (χ0n) is 10.3. The smallest absolute Gasteiger partial charge is 0.228 e. The highest BCUT2D eigenvalue weighted by atomic mass is 16.1. The zero-order chi connectivity index (χ0) is 12.4. The van der Waals surface area contributed by atoms with Crippen LogP contribution in [0.25, 0.3) is 0 Å². The lowest BCUT2D eigenvalue weighted by atomic mass is 10.0. The van der Waals surface area contributed by atoms with Crippen LogP contribution in [0.15, 0.2) is 36.7 Å². The zero-order valence-corrected chi connectivity index (χ0v) is 10.3. The van der Waals surface area contributed by atoms with Gasteiger partial charge in [-0.3, -0.25) is 4.79 Å². The van der Waals surface area contributed by atoms with Gasteiger partial charge in [0.1, 0.15) is 0 Å². The molecule has 0 spiro atoms. The number of rotatable bonds is 3. The number of hydrogen-bond acceptors (Lipinski definition) is 2. The number of carbonyl (C=O) groups is 1. The Morgan fingerprint density at radius 3 is 2.35 bits per heavy atom. The summed E-state index contributed by atoms with van der Waals surface area (Å²) in [6.45, 7) is 4.27. The van der Waals surface area contributed by atoms with Crippen LogP contribution in [0, 0.1) is 0 Å². The lowest BCUT2D eigenvalue weighted by Gasteiger charge is -2.06. The highest BCUT2D eigenvalue weighted by Gasteiger charge is 2.13. The number of nitrogens with zero attached hydrogens (tertiary/aromatic N) is 2. The van der Waals surface area contributed by atoms with Crippen molar-refractivity contribution in [3.8, 4) is 0 Å². The Hall–Kier alpha value is -1.90. The molecule has 17 heavy (non-hydrogen) atoms. The molecule has 0 saturated carbocycles. The first-order valence-corrected chi connectivity index (χ1v) is 5.71. The highest BCUT2D eigenvalue weighted by Crippen LogP contribution is 2.16. The third-order valence-electron chi connectivity index (χ3n) is 2.86. The Balaban J connectivity index is 2.29. The van der Waals surface area contributed by atoms with Crippen LogP contribution in [0.2, 0.25) is 0 Å². The summed E-state index contributed by atoms with van der Waals surface area (Å²) < 4.78 is 1.73. The number of imidazole rings is 1. The average molecular weight is 228 g/mol. The summed E-state index contributed by atoms with van der Waals surface area (Å²) in [7, 11) is 1.82. The maximum absolute atomic E-state index is 12.1. The van der Waals surface area contributed by atoms with E-state index in [4.69, 9.17) is 0 Å². The van der Waals surface area contributed by atoms with Gasteiger partial charge < -0.3 is 4.57 Å². The quantitative estimate of drug-likeness (QED) is 0.757. The molecule has 0 amide bonds. The van der Waals surface area contributed by atoms with E-state index in [1.165, 1.54) is 5.56 Å². The van der Waals surface area contributed by atoms with Crippen molar-refractivity contribution >= 4 is 5.78 Å². The maximum Gasteiger partial charge on any atom is 0.228 e. The lowest BCUT2D eigenvalue weighted by Crippen LogP contribution is -2.08. The molecule has 0 aliphatic rings. The fourth-order valence-electron chi connectivity index (χ4n) is 1.73. The summed E-state index contributed by atoms with van der Waals surface area (Å²) >= 11 is 0. The van der Waals surface area contributed by atoms with Crippen molar-refractivity contribution in [1.29, 1.82) is 0 Å². The van der Waals surface area contributed by atoms with Crippen molar-refractivity contribution in [3.05, 3.63) is 53.6 Å². The minimum absolute atomic E-state index is 0.0344. The summed E-state index contributed by atoms with van der Waals surface area (Å²) in [5.41, 5.74) is 1.92. The van der Waals surface area contributed by atoms with Crippen molar-refractivity contribution < 1.29 is 4.79 Å². The van der Waals surface area contributed by atoms with Crippen LogP contribution in [0.5, 0.6) is 0 Å². The topological polar surface area (TPSA) is 34.9 Å². The predicted octanol–water partition coefficient (Wildman–Crippen LogP) is 2.77. The molecular formula is C14H16N2O. The molecule has 1 heterocycles. The van der Waals surface area contributed by atoms with E-state index < -0.39 is 0 Å². The van der Waals surface area contributed by atoms with Gasteiger partial charge in [-0.15, -0.1) is 0 Å². The molecule has 0 aliphatic heterocycles. The normalized spacial score (nSPS) is 10.8. The molecule has 3 nitrogen and oxygen atoms in total. The van der Waals surface area contributed by atoms with Gasteiger partial charge in [0.2, 0.25) is 5.78 Å². The second kappa shape index (κ2) is 4.53. The molecule has 2 aromatic rings. The summed E-state index contributed by atoms with van der Waals surface area (Å²) in [5, 5.41) is 0. The van der Waals surface area contributed by atoms with Crippen molar-refractivity contribution in [3.63, 3.8) is 0 Å². The standard InChI is InChI=1S/C14H16N2O/c1-10(2)11-4-6-12(7-5-11)13(17)14-15-8-9-16(14)3/h4-10H,1-3H3. The van der Waals surface area contributed by atoms with Gasteiger partial charge >= 0.3 is 0 Å². The number of carbonyl (C=O) groups excluding carboxylic acids is 1. The Kier molecular flexibility index (Phi) is 3.09. The number of aromatic nitrogens is 2. The molecule has 1 aromatic carbocycles. The van der Waals surface area contributed by atoms with Crippen LogP contribution in [0.4, 0.5) is 0 Å². The fourth-order valence-corrected chi connectivity index (χ4v) is 1.73. The fraction of sp³-hybridized carbons (Fsp3) is 0.286. The molecule has 2 rings (SSSR count). The van der Waals surface area contributed by atoms with Gasteiger partial charge in [-0.2, -0.15) is 0 Å². The monoisotopic (exact) mass is 228 g/mol. The first-order valence-electron chi connectivity index (χ1n) is 5.71. The number of aryl methyl sites for hydroxylation is 1. The molecule has 3 heteroatoms. The van der Waals surface area contributed by atoms with E-state index in [0.29, 0.717) is 17.3 Å². The summed E-state index contributed by atoms with van der Waals surface area (Å²) in [5.74, 6) is 0.919. The van der Waals surface area contributed by atoms with Gasteiger partial charge in [0.25, 0.3) is 0 Å². The lowest BCUT2D eigenvalue weighted by molar-refractivity contribution is 0.102. The first kappa shape index (κ1) is 11.6. The molecule has 0 radical (unpaired) electrons. The van der Waals surface area contributed by atoms with Crippen LogP contribution >= 0.6 is 0 Å². The molecule has 0 saturated heterocycles. The molecule has 0 N–H and O–H groups in total. The van der Waals surface area contributed by atoms with Crippen molar-refractivity contribution in [1.82, 2.24) is 9.55 Å². The predicted molar refractivity (Wildman–Crippen MR) is 67.2 cm³/mol.